The standard InChI is InChI=1S/C45H62N12O13S/c1-3-23(2)38-44(69)52-27(12-13-33(46)59)40(65)53-30(20-34(47)60)41(66)55-31(21-49-36(62)14-15-37(63)51-28(42(67)56-38)18-24-8-10-25(58)11-9-24)45(70)57-16-4-7-32(57)43(68)54-29(19-26-6-5-17-71-26)39(64)50-22-35(48)61/h5-6,8-11,17,23,27-32,38,58H,3-4,7,12-16,18-22H2,1-2H3,(H2,46,59)(H2,47,60)(H2,48,61)(H,49,62)(H,50,64)(H,51,63)(H,52,69)(H,53,65)(H,54,68)(H,55,66)(H,56,67)/t23-,27-,28-,29-,30-,31-,32-,38-/m0/s1. The van der Waals surface area contributed by atoms with Crippen LogP contribution < -0.4 is 59.7 Å². The topological polar surface area (TPSA) is 403 Å². The fourth-order valence-corrected chi connectivity index (χ4v) is 8.46. The van der Waals surface area contributed by atoms with Crippen molar-refractivity contribution in [3.05, 3.63) is 52.2 Å². The van der Waals surface area contributed by atoms with E-state index in [9.17, 15) is 62.6 Å². The third kappa shape index (κ3) is 17.7. The summed E-state index contributed by atoms with van der Waals surface area (Å²) in [5.74, 6) is -11.5. The number of thiophene rings is 1. The molecule has 386 valence electrons. The molecule has 15 N–H and O–H groups in total. The van der Waals surface area contributed by atoms with Gasteiger partial charge < -0.3 is 69.7 Å². The molecule has 25 nitrogen and oxygen atoms in total. The number of benzene rings is 1. The number of hydrogen-bond acceptors (Lipinski definition) is 14. The molecule has 0 unspecified atom stereocenters. The second-order valence-corrected chi connectivity index (χ2v) is 18.3. The summed E-state index contributed by atoms with van der Waals surface area (Å²) >= 11 is 1.31. The lowest BCUT2D eigenvalue weighted by atomic mass is 9.96. The number of aromatic hydroxyl groups is 1. The maximum absolute atomic E-state index is 14.5. The molecule has 2 aliphatic heterocycles. The van der Waals surface area contributed by atoms with Crippen LogP contribution in [-0.4, -0.2) is 143 Å². The Labute approximate surface area is 412 Å². The SMILES string of the molecule is CC[C@H](C)[C@@H]1NC(=O)[C@H](Cc2ccc(O)cc2)NC(=O)CCC(=O)NC[C@@H](C(=O)N2CCC[C@H]2C(=O)N[C@@H](Cc2cccs2)C(=O)NCC(N)=O)NC(=O)[C@H](CC(N)=O)NC(=O)[C@H](CCC(N)=O)NC1=O. The smallest absolute Gasteiger partial charge is 0.247 e. The number of phenolic OH excluding ortho intramolecular Hbond substituents is 1. The highest BCUT2D eigenvalue weighted by Gasteiger charge is 2.41. The molecule has 4 rings (SSSR count). The van der Waals surface area contributed by atoms with Crippen molar-refractivity contribution in [3.8, 4) is 5.75 Å². The molecular weight excluding hydrogens is 949 g/mol. The number of nitrogens with one attached hydrogen (secondary N) is 8. The average Bonchev–Trinajstić information content (AvgIpc) is 4.04. The molecule has 0 spiro atoms. The Kier molecular flexibility index (Phi) is 21.2. The molecule has 1 aromatic heterocycles. The van der Waals surface area contributed by atoms with E-state index >= 15 is 0 Å². The van der Waals surface area contributed by atoms with E-state index in [1.807, 2.05) is 0 Å². The van der Waals surface area contributed by atoms with E-state index in [0.29, 0.717) is 16.9 Å². The van der Waals surface area contributed by atoms with Crippen LogP contribution in [0.15, 0.2) is 41.8 Å². The average molecular weight is 1010 g/mol. The summed E-state index contributed by atoms with van der Waals surface area (Å²) in [7, 11) is 0. The van der Waals surface area contributed by atoms with Gasteiger partial charge in [0.2, 0.25) is 70.9 Å². The fourth-order valence-electron chi connectivity index (χ4n) is 7.71. The van der Waals surface area contributed by atoms with Crippen LogP contribution in [0.25, 0.3) is 0 Å². The van der Waals surface area contributed by atoms with E-state index in [1.54, 1.807) is 31.4 Å². The summed E-state index contributed by atoms with van der Waals surface area (Å²) in [6.07, 6.45) is -2.17. The highest BCUT2D eigenvalue weighted by Crippen LogP contribution is 2.21. The van der Waals surface area contributed by atoms with Gasteiger partial charge in [-0.2, -0.15) is 0 Å². The van der Waals surface area contributed by atoms with Gasteiger partial charge in [-0.05, 0) is 54.3 Å². The molecule has 8 atom stereocenters. The molecule has 2 saturated heterocycles. The lowest BCUT2D eigenvalue weighted by Gasteiger charge is -2.31. The molecular formula is C45H62N12O13S. The minimum absolute atomic E-state index is 0.0160. The zero-order chi connectivity index (χ0) is 52.4. The van der Waals surface area contributed by atoms with Crippen molar-refractivity contribution in [2.75, 3.05) is 19.6 Å². The van der Waals surface area contributed by atoms with Crippen molar-refractivity contribution in [1.29, 1.82) is 0 Å². The van der Waals surface area contributed by atoms with Crippen molar-refractivity contribution in [2.45, 2.75) is 120 Å². The maximum Gasteiger partial charge on any atom is 0.247 e. The molecule has 2 aromatic rings. The Morgan fingerprint density at radius 1 is 0.803 bits per heavy atom. The highest BCUT2D eigenvalue weighted by molar-refractivity contribution is 7.09. The fraction of sp³-hybridized carbons (Fsp3) is 0.511. The van der Waals surface area contributed by atoms with Crippen molar-refractivity contribution in [2.24, 2.45) is 23.1 Å². The number of hydrogen-bond donors (Lipinski definition) is 12. The van der Waals surface area contributed by atoms with Gasteiger partial charge >= 0.3 is 0 Å². The first-order valence-electron chi connectivity index (χ1n) is 23.0. The van der Waals surface area contributed by atoms with Crippen molar-refractivity contribution in [1.82, 2.24) is 47.4 Å². The van der Waals surface area contributed by atoms with Crippen LogP contribution in [0.1, 0.15) is 75.7 Å². The van der Waals surface area contributed by atoms with E-state index in [4.69, 9.17) is 17.2 Å². The number of rotatable bonds is 17. The van der Waals surface area contributed by atoms with Gasteiger partial charge in [0.05, 0.1) is 13.0 Å². The lowest BCUT2D eigenvalue weighted by molar-refractivity contribution is -0.142. The molecule has 12 amide bonds. The minimum atomic E-state index is -1.84. The normalized spacial score (nSPS) is 22.7. The predicted octanol–water partition coefficient (Wildman–Crippen LogP) is -4.16. The van der Waals surface area contributed by atoms with Crippen LogP contribution in [0.3, 0.4) is 0 Å². The van der Waals surface area contributed by atoms with Gasteiger partial charge in [0.25, 0.3) is 0 Å². The first-order chi connectivity index (χ1) is 33.6. The van der Waals surface area contributed by atoms with Crippen LogP contribution in [0, 0.1) is 5.92 Å². The number of likely N-dealkylation sites (tertiary alicyclic amines) is 1. The summed E-state index contributed by atoms with van der Waals surface area (Å²) in [5, 5.41) is 31.6. The molecule has 0 bridgehead atoms. The van der Waals surface area contributed by atoms with E-state index in [0.717, 1.165) is 4.90 Å². The molecule has 2 aliphatic rings. The summed E-state index contributed by atoms with van der Waals surface area (Å²) < 4.78 is 0. The van der Waals surface area contributed by atoms with Crippen LogP contribution >= 0.6 is 11.3 Å². The summed E-state index contributed by atoms with van der Waals surface area (Å²) in [5.41, 5.74) is 16.6. The number of nitrogens with zero attached hydrogens (tertiary/aromatic N) is 1. The van der Waals surface area contributed by atoms with Crippen molar-refractivity contribution in [3.63, 3.8) is 0 Å². The number of nitrogens with two attached hydrogens (primary N) is 3. The molecule has 26 heteroatoms. The van der Waals surface area contributed by atoms with Crippen LogP contribution in [0.2, 0.25) is 0 Å². The predicted molar refractivity (Wildman–Crippen MR) is 252 cm³/mol. The molecule has 71 heavy (non-hydrogen) atoms. The van der Waals surface area contributed by atoms with E-state index < -0.39 is 164 Å². The third-order valence-corrected chi connectivity index (χ3v) is 12.7. The van der Waals surface area contributed by atoms with Crippen molar-refractivity contribution >= 4 is 82.2 Å². The molecule has 2 fully saturated rings. The van der Waals surface area contributed by atoms with Crippen LogP contribution in [0.5, 0.6) is 5.75 Å². The third-order valence-electron chi connectivity index (χ3n) is 11.8. The quantitative estimate of drug-likeness (QED) is 0.0717. The number of carbonyl (C=O) groups excluding carboxylic acids is 12. The van der Waals surface area contributed by atoms with Gasteiger partial charge in [-0.25, -0.2) is 0 Å². The zero-order valence-electron chi connectivity index (χ0n) is 39.3. The molecule has 1 aromatic carbocycles. The van der Waals surface area contributed by atoms with Gasteiger partial charge in [0, 0.05) is 50.1 Å². The summed E-state index contributed by atoms with van der Waals surface area (Å²) in [6.45, 7) is 2.14. The summed E-state index contributed by atoms with van der Waals surface area (Å²) in [4.78, 5) is 162. The van der Waals surface area contributed by atoms with Crippen molar-refractivity contribution < 1.29 is 62.6 Å². The van der Waals surface area contributed by atoms with E-state index in [2.05, 4.69) is 42.5 Å². The Hall–Kier alpha value is -7.64. The van der Waals surface area contributed by atoms with Crippen LogP contribution in [0.4, 0.5) is 0 Å². The highest BCUT2D eigenvalue weighted by atomic mass is 32.1. The van der Waals surface area contributed by atoms with Gasteiger partial charge in [0.15, 0.2) is 0 Å². The first-order valence-corrected chi connectivity index (χ1v) is 23.8. The van der Waals surface area contributed by atoms with E-state index in [-0.39, 0.29) is 38.0 Å². The number of carbonyl (C=O) groups is 12. The van der Waals surface area contributed by atoms with E-state index in [1.165, 1.54) is 35.6 Å². The maximum atomic E-state index is 14.5. The number of phenols is 1. The summed E-state index contributed by atoms with van der Waals surface area (Å²) in [6, 6.07) is -1.11. The van der Waals surface area contributed by atoms with Gasteiger partial charge in [-0.1, -0.05) is 38.5 Å². The van der Waals surface area contributed by atoms with Gasteiger partial charge in [-0.15, -0.1) is 11.3 Å². The number of amides is 12. The Morgan fingerprint density at radius 2 is 1.46 bits per heavy atom. The Balaban J connectivity index is 1.70. The first kappa shape index (κ1) is 56.0. The Bertz CT molecular complexity index is 2300. The molecule has 0 saturated carbocycles. The monoisotopic (exact) mass is 1010 g/mol. The van der Waals surface area contributed by atoms with Gasteiger partial charge in [0.1, 0.15) is 48.0 Å². The zero-order valence-corrected chi connectivity index (χ0v) is 40.1. The largest absolute Gasteiger partial charge is 0.508 e. The molecule has 3 heterocycles. The van der Waals surface area contributed by atoms with Crippen LogP contribution in [-0.2, 0) is 70.4 Å². The lowest BCUT2D eigenvalue weighted by Crippen LogP contribution is -2.62. The Morgan fingerprint density at radius 3 is 2.10 bits per heavy atom. The second-order valence-electron chi connectivity index (χ2n) is 17.2. The minimum Gasteiger partial charge on any atom is -0.508 e. The van der Waals surface area contributed by atoms with Gasteiger partial charge in [-0.3, -0.25) is 57.5 Å². The molecule has 0 aliphatic carbocycles. The number of primary amides is 3. The molecule has 0 radical (unpaired) electrons. The second kappa shape index (κ2) is 26.9.